The Morgan fingerprint density at radius 1 is 0.875 bits per heavy atom. The lowest BCUT2D eigenvalue weighted by molar-refractivity contribution is 1.46. The van der Waals surface area contributed by atoms with Crippen LogP contribution in [0.25, 0.3) is 12.2 Å². The quantitative estimate of drug-likeness (QED) is 0.647. The molecule has 0 radical (unpaired) electrons. The fourth-order valence-corrected chi connectivity index (χ4v) is 1.78. The summed E-state index contributed by atoms with van der Waals surface area (Å²) in [7, 11) is 0. The van der Waals surface area contributed by atoms with Gasteiger partial charge < -0.3 is 0 Å². The van der Waals surface area contributed by atoms with Crippen LogP contribution in [0.3, 0.4) is 0 Å². The minimum atomic E-state index is 0.770. The molecule has 1 heteroatoms. The highest BCUT2D eigenvalue weighted by Gasteiger charge is 1.90. The lowest BCUT2D eigenvalue weighted by Gasteiger charge is -1.97. The second-order valence-electron chi connectivity index (χ2n) is 3.80. The molecule has 0 heterocycles. The molecule has 0 nitrogen and oxygen atoms in total. The molecule has 0 aromatic heterocycles. The highest BCUT2D eigenvalue weighted by atomic mass is 35.5. The molecule has 2 rings (SSSR count). The van der Waals surface area contributed by atoms with Crippen molar-refractivity contribution in [3.05, 3.63) is 70.2 Å². The Labute approximate surface area is 101 Å². The van der Waals surface area contributed by atoms with Crippen molar-refractivity contribution in [1.29, 1.82) is 0 Å². The fourth-order valence-electron chi connectivity index (χ4n) is 1.58. The molecule has 0 N–H and O–H groups in total. The standard InChI is InChI=1S/C15H13Cl/c1-12-4-2-5-13(10-12)8-9-14-6-3-7-15(16)11-14/h2-11H,1H3/b9-8-. The number of hydrogen-bond acceptors (Lipinski definition) is 0. The van der Waals surface area contributed by atoms with Crippen molar-refractivity contribution < 1.29 is 0 Å². The Kier molecular flexibility index (Phi) is 3.43. The van der Waals surface area contributed by atoms with Crippen LogP contribution in [0, 0.1) is 6.92 Å². The average Bonchev–Trinajstić information content (AvgIpc) is 2.27. The van der Waals surface area contributed by atoms with Crippen LogP contribution in [0.2, 0.25) is 5.02 Å². The zero-order valence-electron chi connectivity index (χ0n) is 9.15. The van der Waals surface area contributed by atoms with Gasteiger partial charge in [0.05, 0.1) is 0 Å². The predicted octanol–water partition coefficient (Wildman–Crippen LogP) is 4.82. The molecular weight excluding hydrogens is 216 g/mol. The maximum absolute atomic E-state index is 5.92. The normalized spacial score (nSPS) is 10.9. The van der Waals surface area contributed by atoms with Gasteiger partial charge in [0.2, 0.25) is 0 Å². The van der Waals surface area contributed by atoms with Gasteiger partial charge in [-0.15, -0.1) is 0 Å². The van der Waals surface area contributed by atoms with Crippen LogP contribution < -0.4 is 0 Å². The smallest absolute Gasteiger partial charge is 0.0411 e. The van der Waals surface area contributed by atoms with E-state index in [4.69, 9.17) is 11.6 Å². The Bertz CT molecular complexity index is 465. The molecular formula is C15H13Cl. The summed E-state index contributed by atoms with van der Waals surface area (Å²) in [5.41, 5.74) is 3.60. The molecule has 0 spiro atoms. The summed E-state index contributed by atoms with van der Waals surface area (Å²) in [6, 6.07) is 16.2. The van der Waals surface area contributed by atoms with Gasteiger partial charge >= 0.3 is 0 Å². The van der Waals surface area contributed by atoms with Gasteiger partial charge in [-0.3, -0.25) is 0 Å². The number of halogens is 1. The molecule has 0 unspecified atom stereocenters. The van der Waals surface area contributed by atoms with Crippen LogP contribution >= 0.6 is 11.6 Å². The van der Waals surface area contributed by atoms with E-state index in [-0.39, 0.29) is 0 Å². The molecule has 2 aromatic carbocycles. The molecule has 16 heavy (non-hydrogen) atoms. The highest BCUT2D eigenvalue weighted by molar-refractivity contribution is 6.30. The van der Waals surface area contributed by atoms with Gasteiger partial charge in [0.25, 0.3) is 0 Å². The summed E-state index contributed by atoms with van der Waals surface area (Å²) in [5, 5.41) is 0.770. The third-order valence-electron chi connectivity index (χ3n) is 2.36. The number of rotatable bonds is 2. The highest BCUT2D eigenvalue weighted by Crippen LogP contribution is 2.14. The van der Waals surface area contributed by atoms with E-state index in [1.54, 1.807) is 0 Å². The van der Waals surface area contributed by atoms with E-state index in [1.165, 1.54) is 11.1 Å². The van der Waals surface area contributed by atoms with Crippen LogP contribution in [0.4, 0.5) is 0 Å². The van der Waals surface area contributed by atoms with E-state index in [9.17, 15) is 0 Å². The molecule has 80 valence electrons. The van der Waals surface area contributed by atoms with Gasteiger partial charge in [0.1, 0.15) is 0 Å². The summed E-state index contributed by atoms with van der Waals surface area (Å²) in [4.78, 5) is 0. The van der Waals surface area contributed by atoms with E-state index in [2.05, 4.69) is 43.3 Å². The second kappa shape index (κ2) is 5.00. The molecule has 0 bridgehead atoms. The maximum Gasteiger partial charge on any atom is 0.0411 e. The van der Waals surface area contributed by atoms with Crippen LogP contribution in [-0.2, 0) is 0 Å². The van der Waals surface area contributed by atoms with Crippen molar-refractivity contribution >= 4 is 23.8 Å². The van der Waals surface area contributed by atoms with E-state index in [0.29, 0.717) is 0 Å². The van der Waals surface area contributed by atoms with Crippen molar-refractivity contribution in [2.75, 3.05) is 0 Å². The molecule has 0 amide bonds. The van der Waals surface area contributed by atoms with Crippen molar-refractivity contribution in [2.45, 2.75) is 6.92 Å². The first kappa shape index (κ1) is 11.0. The molecule has 0 saturated heterocycles. The maximum atomic E-state index is 5.92. The first-order valence-corrected chi connectivity index (χ1v) is 5.62. The number of aryl methyl sites for hydroxylation is 1. The fraction of sp³-hybridized carbons (Fsp3) is 0.0667. The van der Waals surface area contributed by atoms with E-state index in [0.717, 1.165) is 10.6 Å². The number of benzene rings is 2. The predicted molar refractivity (Wildman–Crippen MR) is 71.6 cm³/mol. The van der Waals surface area contributed by atoms with Gasteiger partial charge in [-0.1, -0.05) is 65.7 Å². The Morgan fingerprint density at radius 2 is 1.50 bits per heavy atom. The van der Waals surface area contributed by atoms with Crippen molar-refractivity contribution in [2.24, 2.45) is 0 Å². The second-order valence-corrected chi connectivity index (χ2v) is 4.24. The number of hydrogen-bond donors (Lipinski definition) is 0. The SMILES string of the molecule is Cc1cccc(/C=C\c2cccc(Cl)c2)c1. The molecule has 0 aliphatic rings. The monoisotopic (exact) mass is 228 g/mol. The lowest BCUT2D eigenvalue weighted by atomic mass is 10.1. The molecule has 0 saturated carbocycles. The van der Waals surface area contributed by atoms with E-state index in [1.807, 2.05) is 24.3 Å². The van der Waals surface area contributed by atoms with E-state index < -0.39 is 0 Å². The summed E-state index contributed by atoms with van der Waals surface area (Å²) >= 11 is 5.92. The largest absolute Gasteiger partial charge is 0.0843 e. The van der Waals surface area contributed by atoms with Gasteiger partial charge in [-0.2, -0.15) is 0 Å². The van der Waals surface area contributed by atoms with Crippen molar-refractivity contribution in [3.8, 4) is 0 Å². The molecule has 0 aliphatic carbocycles. The minimum absolute atomic E-state index is 0.770. The topological polar surface area (TPSA) is 0 Å². The molecule has 0 aliphatic heterocycles. The minimum Gasteiger partial charge on any atom is -0.0843 e. The van der Waals surface area contributed by atoms with Gasteiger partial charge in [0.15, 0.2) is 0 Å². The zero-order chi connectivity index (χ0) is 11.4. The van der Waals surface area contributed by atoms with Crippen LogP contribution in [0.15, 0.2) is 48.5 Å². The molecule has 0 fully saturated rings. The summed E-state index contributed by atoms with van der Waals surface area (Å²) in [6.07, 6.45) is 4.17. The Hall–Kier alpha value is -1.53. The van der Waals surface area contributed by atoms with Gasteiger partial charge in [-0.05, 0) is 30.2 Å². The summed E-state index contributed by atoms with van der Waals surface area (Å²) in [6.45, 7) is 2.09. The van der Waals surface area contributed by atoms with Gasteiger partial charge in [-0.25, -0.2) is 0 Å². The summed E-state index contributed by atoms with van der Waals surface area (Å²) in [5.74, 6) is 0. The Balaban J connectivity index is 2.21. The van der Waals surface area contributed by atoms with Crippen LogP contribution in [0.5, 0.6) is 0 Å². The van der Waals surface area contributed by atoms with E-state index >= 15 is 0 Å². The first-order chi connectivity index (χ1) is 7.74. The van der Waals surface area contributed by atoms with Crippen LogP contribution in [0.1, 0.15) is 16.7 Å². The van der Waals surface area contributed by atoms with Crippen molar-refractivity contribution in [3.63, 3.8) is 0 Å². The molecule has 0 atom stereocenters. The van der Waals surface area contributed by atoms with Crippen molar-refractivity contribution in [1.82, 2.24) is 0 Å². The molecule has 2 aromatic rings. The zero-order valence-corrected chi connectivity index (χ0v) is 9.91. The summed E-state index contributed by atoms with van der Waals surface area (Å²) < 4.78 is 0. The third kappa shape index (κ3) is 2.98. The average molecular weight is 229 g/mol. The van der Waals surface area contributed by atoms with Crippen LogP contribution in [-0.4, -0.2) is 0 Å². The third-order valence-corrected chi connectivity index (χ3v) is 2.59. The lowest BCUT2D eigenvalue weighted by Crippen LogP contribution is -1.75. The Morgan fingerprint density at radius 3 is 2.12 bits per heavy atom. The first-order valence-electron chi connectivity index (χ1n) is 5.24. The van der Waals surface area contributed by atoms with Gasteiger partial charge in [0, 0.05) is 5.02 Å².